The molecular weight excluding hydrogens is 350 g/mol. The van der Waals surface area contributed by atoms with Crippen molar-refractivity contribution >= 4 is 17.2 Å². The first kappa shape index (κ1) is 17.4. The Morgan fingerprint density at radius 1 is 1.38 bits per heavy atom. The van der Waals surface area contributed by atoms with Crippen LogP contribution in [0.1, 0.15) is 46.4 Å². The summed E-state index contributed by atoms with van der Waals surface area (Å²) >= 11 is 1.59. The first-order chi connectivity index (χ1) is 12.5. The van der Waals surface area contributed by atoms with Gasteiger partial charge in [0, 0.05) is 12.6 Å². The normalized spacial score (nSPS) is 17.5. The maximum Gasteiger partial charge on any atom is 0.260 e. The van der Waals surface area contributed by atoms with E-state index in [9.17, 15) is 4.79 Å². The molecule has 1 N–H and O–H groups in total. The number of aryl methyl sites for hydroxylation is 2. The predicted molar refractivity (Wildman–Crippen MR) is 99.5 cm³/mol. The molecule has 2 aliphatic rings. The van der Waals surface area contributed by atoms with E-state index in [0.717, 1.165) is 26.8 Å². The number of nitrogens with zero attached hydrogens (tertiary/aromatic N) is 3. The first-order valence-electron chi connectivity index (χ1n) is 9.02. The van der Waals surface area contributed by atoms with Crippen LogP contribution in [-0.2, 0) is 6.54 Å². The van der Waals surface area contributed by atoms with Gasteiger partial charge in [0.25, 0.3) is 5.91 Å². The zero-order valence-electron chi connectivity index (χ0n) is 15.3. The van der Waals surface area contributed by atoms with Crippen molar-refractivity contribution in [1.29, 1.82) is 0 Å². The molecule has 2 aromatic rings. The quantitative estimate of drug-likeness (QED) is 0.843. The standard InChI is InChI=1S/C19H23N3O3S/c1-10-17(26-12(3)20-10)15-8-14-9-22(11(2)13-4-5-13)19(24)16(14)18(21-15)25-7-6-23/h8,11,13,23H,4-7,9H2,1-3H3/t11-/m0/s1. The summed E-state index contributed by atoms with van der Waals surface area (Å²) in [4.78, 5) is 25.0. The van der Waals surface area contributed by atoms with Gasteiger partial charge >= 0.3 is 0 Å². The lowest BCUT2D eigenvalue weighted by molar-refractivity contribution is 0.0693. The molecule has 1 atom stereocenters. The van der Waals surface area contributed by atoms with E-state index in [1.54, 1.807) is 11.3 Å². The topological polar surface area (TPSA) is 75.5 Å². The summed E-state index contributed by atoms with van der Waals surface area (Å²) in [6.45, 7) is 6.66. The molecule has 0 radical (unpaired) electrons. The van der Waals surface area contributed by atoms with E-state index in [0.29, 0.717) is 23.9 Å². The number of carbonyl (C=O) groups excluding carboxylic acids is 1. The van der Waals surface area contributed by atoms with Gasteiger partial charge in [0.1, 0.15) is 12.2 Å². The van der Waals surface area contributed by atoms with E-state index in [2.05, 4.69) is 16.9 Å². The van der Waals surface area contributed by atoms with E-state index in [4.69, 9.17) is 9.84 Å². The van der Waals surface area contributed by atoms with Crippen LogP contribution in [0.2, 0.25) is 0 Å². The molecule has 1 fully saturated rings. The van der Waals surface area contributed by atoms with Gasteiger partial charge in [0.15, 0.2) is 0 Å². The number of aliphatic hydroxyl groups excluding tert-OH is 1. The van der Waals surface area contributed by atoms with Crippen LogP contribution in [0.25, 0.3) is 10.6 Å². The molecule has 0 saturated heterocycles. The Labute approximate surface area is 156 Å². The summed E-state index contributed by atoms with van der Waals surface area (Å²) in [5.41, 5.74) is 3.22. The van der Waals surface area contributed by atoms with Gasteiger partial charge in [0.2, 0.25) is 5.88 Å². The van der Waals surface area contributed by atoms with E-state index < -0.39 is 0 Å². The molecule has 0 aromatic carbocycles. The van der Waals surface area contributed by atoms with Gasteiger partial charge in [-0.15, -0.1) is 11.3 Å². The van der Waals surface area contributed by atoms with Gasteiger partial charge in [0.05, 0.1) is 27.9 Å². The molecule has 7 heteroatoms. The Bertz CT molecular complexity index is 860. The van der Waals surface area contributed by atoms with Crippen molar-refractivity contribution in [3.8, 4) is 16.5 Å². The lowest BCUT2D eigenvalue weighted by atomic mass is 10.1. The van der Waals surface area contributed by atoms with Crippen LogP contribution in [0.3, 0.4) is 0 Å². The fourth-order valence-electron chi connectivity index (χ4n) is 3.62. The van der Waals surface area contributed by atoms with Crippen molar-refractivity contribution in [2.24, 2.45) is 5.92 Å². The monoisotopic (exact) mass is 373 g/mol. The highest BCUT2D eigenvalue weighted by Crippen LogP contribution is 2.41. The lowest BCUT2D eigenvalue weighted by Gasteiger charge is -2.23. The maximum absolute atomic E-state index is 13.0. The Morgan fingerprint density at radius 3 is 2.77 bits per heavy atom. The average molecular weight is 373 g/mol. The average Bonchev–Trinajstić information content (AvgIpc) is 3.33. The number of fused-ring (bicyclic) bond motifs is 1. The van der Waals surface area contributed by atoms with Crippen LogP contribution in [0.15, 0.2) is 6.07 Å². The number of carbonyl (C=O) groups is 1. The Morgan fingerprint density at radius 2 is 2.15 bits per heavy atom. The van der Waals surface area contributed by atoms with E-state index in [1.165, 1.54) is 12.8 Å². The molecule has 1 aliphatic carbocycles. The first-order valence-corrected chi connectivity index (χ1v) is 9.84. The fourth-order valence-corrected chi connectivity index (χ4v) is 4.50. The minimum atomic E-state index is -0.115. The van der Waals surface area contributed by atoms with E-state index in [1.807, 2.05) is 24.8 Å². The van der Waals surface area contributed by atoms with Crippen LogP contribution in [0.4, 0.5) is 0 Å². The number of thiazole rings is 1. The van der Waals surface area contributed by atoms with Crippen molar-refractivity contribution in [2.45, 2.75) is 46.2 Å². The maximum atomic E-state index is 13.0. The molecule has 0 bridgehead atoms. The molecule has 26 heavy (non-hydrogen) atoms. The van der Waals surface area contributed by atoms with Crippen LogP contribution in [-0.4, -0.2) is 45.1 Å². The molecule has 1 amide bonds. The van der Waals surface area contributed by atoms with Crippen LogP contribution in [0, 0.1) is 19.8 Å². The van der Waals surface area contributed by atoms with Crippen molar-refractivity contribution < 1.29 is 14.6 Å². The predicted octanol–water partition coefficient (Wildman–Crippen LogP) is 2.95. The Kier molecular flexibility index (Phi) is 4.44. The summed E-state index contributed by atoms with van der Waals surface area (Å²) in [5.74, 6) is 0.921. The molecule has 4 rings (SSSR count). The molecule has 2 aromatic heterocycles. The highest BCUT2D eigenvalue weighted by molar-refractivity contribution is 7.15. The van der Waals surface area contributed by atoms with Crippen LogP contribution in [0.5, 0.6) is 5.88 Å². The van der Waals surface area contributed by atoms with Crippen molar-refractivity contribution in [3.05, 3.63) is 27.9 Å². The summed E-state index contributed by atoms with van der Waals surface area (Å²) < 4.78 is 5.66. The molecule has 138 valence electrons. The Balaban J connectivity index is 1.76. The lowest BCUT2D eigenvalue weighted by Crippen LogP contribution is -2.34. The third-order valence-electron chi connectivity index (χ3n) is 5.15. The molecule has 1 saturated carbocycles. The smallest absolute Gasteiger partial charge is 0.260 e. The number of aliphatic hydroxyl groups is 1. The van der Waals surface area contributed by atoms with Gasteiger partial charge in [-0.05, 0) is 51.2 Å². The number of aromatic nitrogens is 2. The van der Waals surface area contributed by atoms with Crippen molar-refractivity contribution in [1.82, 2.24) is 14.9 Å². The van der Waals surface area contributed by atoms with Crippen molar-refractivity contribution in [3.63, 3.8) is 0 Å². The number of hydrogen-bond acceptors (Lipinski definition) is 6. The largest absolute Gasteiger partial charge is 0.475 e. The third-order valence-corrected chi connectivity index (χ3v) is 6.24. The van der Waals surface area contributed by atoms with Crippen molar-refractivity contribution in [2.75, 3.05) is 13.2 Å². The summed E-state index contributed by atoms with van der Waals surface area (Å²) in [6.07, 6.45) is 2.38. The SMILES string of the molecule is Cc1nc(C)c(-c2cc3c(c(OCCO)n2)C(=O)N([C@@H](C)C2CC2)C3)s1. The van der Waals surface area contributed by atoms with Gasteiger partial charge < -0.3 is 14.7 Å². The Hall–Kier alpha value is -1.99. The van der Waals surface area contributed by atoms with E-state index in [-0.39, 0.29) is 25.2 Å². The molecular formula is C19H23N3O3S. The minimum Gasteiger partial charge on any atom is -0.475 e. The zero-order valence-corrected chi connectivity index (χ0v) is 16.1. The van der Waals surface area contributed by atoms with Crippen LogP contribution < -0.4 is 4.74 Å². The van der Waals surface area contributed by atoms with Gasteiger partial charge in [-0.25, -0.2) is 9.97 Å². The fraction of sp³-hybridized carbons (Fsp3) is 0.526. The van der Waals surface area contributed by atoms with Gasteiger partial charge in [-0.1, -0.05) is 0 Å². The molecule has 1 aliphatic heterocycles. The summed E-state index contributed by atoms with van der Waals surface area (Å²) in [6, 6.07) is 2.23. The van der Waals surface area contributed by atoms with Crippen LogP contribution >= 0.6 is 11.3 Å². The zero-order chi connectivity index (χ0) is 18.4. The number of pyridine rings is 1. The minimum absolute atomic E-state index is 0.0106. The number of ether oxygens (including phenoxy) is 1. The number of hydrogen-bond donors (Lipinski definition) is 1. The molecule has 0 unspecified atom stereocenters. The molecule has 3 heterocycles. The van der Waals surface area contributed by atoms with Gasteiger partial charge in [-0.3, -0.25) is 4.79 Å². The van der Waals surface area contributed by atoms with E-state index >= 15 is 0 Å². The highest BCUT2D eigenvalue weighted by Gasteiger charge is 2.40. The summed E-state index contributed by atoms with van der Waals surface area (Å²) in [5, 5.41) is 10.1. The second-order valence-electron chi connectivity index (χ2n) is 7.08. The summed E-state index contributed by atoms with van der Waals surface area (Å²) in [7, 11) is 0. The number of amides is 1. The van der Waals surface area contributed by atoms with Gasteiger partial charge in [-0.2, -0.15) is 0 Å². The number of rotatable bonds is 6. The second kappa shape index (κ2) is 6.63. The highest BCUT2D eigenvalue weighted by atomic mass is 32.1. The third kappa shape index (κ3) is 2.99. The molecule has 0 spiro atoms. The molecule has 6 nitrogen and oxygen atoms in total. The second-order valence-corrected chi connectivity index (χ2v) is 8.28.